The summed E-state index contributed by atoms with van der Waals surface area (Å²) < 4.78 is 0. The van der Waals surface area contributed by atoms with E-state index in [0.29, 0.717) is 18.0 Å². The third kappa shape index (κ3) is 3.25. The van der Waals surface area contributed by atoms with Crippen LogP contribution in [0, 0.1) is 10.1 Å². The molecule has 17 heavy (non-hydrogen) atoms. The number of rotatable bonds is 6. The van der Waals surface area contributed by atoms with E-state index >= 15 is 0 Å². The summed E-state index contributed by atoms with van der Waals surface area (Å²) in [6.45, 7) is 7.89. The van der Waals surface area contributed by atoms with E-state index in [1.165, 1.54) is 17.0 Å². The first-order valence-corrected chi connectivity index (χ1v) is 5.67. The first-order valence-electron chi connectivity index (χ1n) is 4.85. The molecule has 0 N–H and O–H groups in total. The molecule has 1 amide bonds. The lowest BCUT2D eigenvalue weighted by Gasteiger charge is -2.17. The monoisotopic (exact) mass is 252 g/mol. The molecule has 90 valence electrons. The van der Waals surface area contributed by atoms with Crippen LogP contribution >= 0.6 is 11.3 Å². The van der Waals surface area contributed by atoms with E-state index in [4.69, 9.17) is 0 Å². The van der Waals surface area contributed by atoms with E-state index in [2.05, 4.69) is 13.2 Å². The van der Waals surface area contributed by atoms with Gasteiger partial charge in [0.2, 0.25) is 0 Å². The molecule has 0 unspecified atom stereocenters. The van der Waals surface area contributed by atoms with Gasteiger partial charge >= 0.3 is 5.00 Å². The van der Waals surface area contributed by atoms with Gasteiger partial charge in [-0.15, -0.1) is 13.2 Å². The van der Waals surface area contributed by atoms with Gasteiger partial charge in [0.15, 0.2) is 0 Å². The number of carbonyl (C=O) groups excluding carboxylic acids is 1. The molecule has 1 heterocycles. The highest BCUT2D eigenvalue weighted by Gasteiger charge is 2.19. The summed E-state index contributed by atoms with van der Waals surface area (Å²) >= 11 is 0.870. The molecule has 1 aromatic rings. The van der Waals surface area contributed by atoms with Gasteiger partial charge in [-0.1, -0.05) is 23.5 Å². The van der Waals surface area contributed by atoms with Crippen LogP contribution in [0.15, 0.2) is 37.4 Å². The van der Waals surface area contributed by atoms with Crippen molar-refractivity contribution in [2.45, 2.75) is 0 Å². The Labute approximate surface area is 103 Å². The van der Waals surface area contributed by atoms with E-state index in [1.54, 1.807) is 12.2 Å². The fourth-order valence-electron chi connectivity index (χ4n) is 1.25. The Balaban J connectivity index is 2.88. The van der Waals surface area contributed by atoms with Crippen molar-refractivity contribution >= 4 is 22.2 Å². The molecule has 0 atom stereocenters. The lowest BCUT2D eigenvalue weighted by Crippen LogP contribution is -2.30. The van der Waals surface area contributed by atoms with Crippen molar-refractivity contribution in [2.24, 2.45) is 0 Å². The SMILES string of the molecule is C=CCN(CC=C)C(=O)c1ccc([N+](=O)[O-])s1. The average molecular weight is 252 g/mol. The summed E-state index contributed by atoms with van der Waals surface area (Å²) in [5.41, 5.74) is 0. The van der Waals surface area contributed by atoms with E-state index in [0.717, 1.165) is 11.3 Å². The molecule has 0 aliphatic rings. The van der Waals surface area contributed by atoms with Crippen molar-refractivity contribution in [1.82, 2.24) is 4.90 Å². The van der Waals surface area contributed by atoms with Crippen molar-refractivity contribution in [3.05, 3.63) is 52.4 Å². The molecule has 5 nitrogen and oxygen atoms in total. The highest BCUT2D eigenvalue weighted by Crippen LogP contribution is 2.24. The third-order valence-electron chi connectivity index (χ3n) is 1.97. The maximum absolute atomic E-state index is 12.0. The minimum atomic E-state index is -0.507. The molecular formula is C11H12N2O3S. The number of hydrogen-bond donors (Lipinski definition) is 0. The summed E-state index contributed by atoms with van der Waals surface area (Å²) in [5, 5.41) is 10.5. The standard InChI is InChI=1S/C11H12N2O3S/c1-3-7-12(8-4-2)11(14)9-5-6-10(17-9)13(15)16/h3-6H,1-2,7-8H2. The van der Waals surface area contributed by atoms with Crippen molar-refractivity contribution in [2.75, 3.05) is 13.1 Å². The molecule has 1 aromatic heterocycles. The van der Waals surface area contributed by atoms with E-state index in [9.17, 15) is 14.9 Å². The smallest absolute Gasteiger partial charge is 0.324 e. The number of nitro groups is 1. The van der Waals surface area contributed by atoms with Crippen LogP contribution in [0.3, 0.4) is 0 Å². The van der Waals surface area contributed by atoms with Crippen LogP contribution in [0.4, 0.5) is 5.00 Å². The quantitative estimate of drug-likeness (QED) is 0.444. The van der Waals surface area contributed by atoms with Gasteiger partial charge in [-0.3, -0.25) is 14.9 Å². The Morgan fingerprint density at radius 2 is 2.00 bits per heavy atom. The Morgan fingerprint density at radius 1 is 1.41 bits per heavy atom. The molecule has 0 aromatic carbocycles. The largest absolute Gasteiger partial charge is 0.331 e. The van der Waals surface area contributed by atoms with Gasteiger partial charge in [0.05, 0.1) is 9.80 Å². The summed E-state index contributed by atoms with van der Waals surface area (Å²) in [7, 11) is 0. The van der Waals surface area contributed by atoms with Gasteiger partial charge in [-0.05, 0) is 6.07 Å². The van der Waals surface area contributed by atoms with Crippen molar-refractivity contribution in [3.63, 3.8) is 0 Å². The van der Waals surface area contributed by atoms with Crippen LogP contribution < -0.4 is 0 Å². The van der Waals surface area contributed by atoms with Crippen LogP contribution in [0.25, 0.3) is 0 Å². The molecule has 0 radical (unpaired) electrons. The Morgan fingerprint density at radius 3 is 2.41 bits per heavy atom. The first-order chi connectivity index (χ1) is 8.10. The highest BCUT2D eigenvalue weighted by atomic mass is 32.1. The van der Waals surface area contributed by atoms with Gasteiger partial charge in [0.25, 0.3) is 5.91 Å². The van der Waals surface area contributed by atoms with Crippen molar-refractivity contribution in [3.8, 4) is 0 Å². The topological polar surface area (TPSA) is 63.5 Å². The second-order valence-corrected chi connectivity index (χ2v) is 4.24. The number of thiophene rings is 1. The Bertz CT molecular complexity index is 443. The fraction of sp³-hybridized carbons (Fsp3) is 0.182. The summed E-state index contributed by atoms with van der Waals surface area (Å²) in [6.07, 6.45) is 3.20. The summed E-state index contributed by atoms with van der Waals surface area (Å²) in [5.74, 6) is -0.247. The average Bonchev–Trinajstić information content (AvgIpc) is 2.77. The van der Waals surface area contributed by atoms with E-state index < -0.39 is 4.92 Å². The molecule has 0 spiro atoms. The zero-order valence-electron chi connectivity index (χ0n) is 9.17. The summed E-state index contributed by atoms with van der Waals surface area (Å²) in [6, 6.07) is 2.79. The van der Waals surface area contributed by atoms with Gasteiger partial charge in [-0.25, -0.2) is 0 Å². The molecule has 0 aliphatic heterocycles. The minimum absolute atomic E-state index is 0.0366. The second-order valence-electron chi connectivity index (χ2n) is 3.18. The molecule has 0 saturated carbocycles. The fourth-order valence-corrected chi connectivity index (χ4v) is 2.04. The van der Waals surface area contributed by atoms with Crippen LogP contribution in [-0.2, 0) is 0 Å². The van der Waals surface area contributed by atoms with Crippen LogP contribution in [0.1, 0.15) is 9.67 Å². The van der Waals surface area contributed by atoms with E-state index in [-0.39, 0.29) is 10.9 Å². The lowest BCUT2D eigenvalue weighted by atomic mass is 10.3. The number of hydrogen-bond acceptors (Lipinski definition) is 4. The minimum Gasteiger partial charge on any atom is -0.331 e. The van der Waals surface area contributed by atoms with Crippen LogP contribution in [0.2, 0.25) is 0 Å². The Kier molecular flexibility index (Phi) is 4.59. The molecular weight excluding hydrogens is 240 g/mol. The van der Waals surface area contributed by atoms with Crippen molar-refractivity contribution < 1.29 is 9.72 Å². The summed E-state index contributed by atoms with van der Waals surface area (Å²) in [4.78, 5) is 23.8. The molecule has 0 saturated heterocycles. The van der Waals surface area contributed by atoms with Gasteiger partial charge in [-0.2, -0.15) is 0 Å². The molecule has 0 fully saturated rings. The zero-order chi connectivity index (χ0) is 12.8. The van der Waals surface area contributed by atoms with Crippen molar-refractivity contribution in [1.29, 1.82) is 0 Å². The van der Waals surface area contributed by atoms with Gasteiger partial charge in [0.1, 0.15) is 0 Å². The number of amides is 1. The van der Waals surface area contributed by atoms with Gasteiger partial charge < -0.3 is 4.90 Å². The first kappa shape index (κ1) is 13.1. The highest BCUT2D eigenvalue weighted by molar-refractivity contribution is 7.17. The third-order valence-corrected chi connectivity index (χ3v) is 2.99. The molecule has 1 rings (SSSR count). The second kappa shape index (κ2) is 5.95. The molecule has 0 aliphatic carbocycles. The maximum Gasteiger partial charge on any atom is 0.324 e. The maximum atomic E-state index is 12.0. The lowest BCUT2D eigenvalue weighted by molar-refractivity contribution is -0.380. The normalized spacial score (nSPS) is 9.65. The van der Waals surface area contributed by atoms with Crippen LogP contribution in [-0.4, -0.2) is 28.8 Å². The van der Waals surface area contributed by atoms with Crippen LogP contribution in [0.5, 0.6) is 0 Å². The van der Waals surface area contributed by atoms with Gasteiger partial charge in [0, 0.05) is 19.2 Å². The zero-order valence-corrected chi connectivity index (χ0v) is 9.98. The Hall–Kier alpha value is -1.95. The molecule has 0 bridgehead atoms. The van der Waals surface area contributed by atoms with E-state index in [1.807, 2.05) is 0 Å². The predicted octanol–water partition coefficient (Wildman–Crippen LogP) is 2.47. The number of carbonyl (C=O) groups is 1. The number of nitrogens with zero attached hydrogens (tertiary/aromatic N) is 2. The molecule has 6 heteroatoms. The predicted molar refractivity (Wildman–Crippen MR) is 67.3 cm³/mol.